The monoisotopic (exact) mass is 398 g/mol. The number of benzene rings is 1. The summed E-state index contributed by atoms with van der Waals surface area (Å²) in [4.78, 5) is 27.0. The van der Waals surface area contributed by atoms with Crippen LogP contribution in [-0.4, -0.2) is 54.1 Å². The van der Waals surface area contributed by atoms with Gasteiger partial charge in [-0.3, -0.25) is 14.5 Å². The second-order valence-electron chi connectivity index (χ2n) is 7.65. The summed E-state index contributed by atoms with van der Waals surface area (Å²) in [6.07, 6.45) is 1.98. The van der Waals surface area contributed by atoms with E-state index in [9.17, 15) is 9.59 Å². The molecule has 1 fully saturated rings. The molecule has 1 atom stereocenters. The Labute approximate surface area is 172 Å². The third kappa shape index (κ3) is 5.46. The highest BCUT2D eigenvalue weighted by Crippen LogP contribution is 2.21. The van der Waals surface area contributed by atoms with E-state index in [2.05, 4.69) is 29.4 Å². The van der Waals surface area contributed by atoms with Crippen LogP contribution in [0.1, 0.15) is 37.1 Å². The molecule has 0 spiro atoms. The summed E-state index contributed by atoms with van der Waals surface area (Å²) in [6, 6.07) is 11.6. The molecule has 1 aromatic carbocycles. The van der Waals surface area contributed by atoms with Crippen molar-refractivity contribution in [2.24, 2.45) is 7.05 Å². The lowest BCUT2D eigenvalue weighted by atomic mass is 10.0. The van der Waals surface area contributed by atoms with E-state index in [-0.39, 0.29) is 6.04 Å². The maximum Gasteiger partial charge on any atom is 0.313 e. The number of rotatable bonds is 6. The van der Waals surface area contributed by atoms with E-state index in [1.54, 1.807) is 0 Å². The van der Waals surface area contributed by atoms with Crippen LogP contribution in [0.4, 0.5) is 5.69 Å². The Morgan fingerprint density at radius 3 is 2.34 bits per heavy atom. The van der Waals surface area contributed by atoms with Gasteiger partial charge in [0, 0.05) is 44.3 Å². The van der Waals surface area contributed by atoms with Gasteiger partial charge >= 0.3 is 11.8 Å². The van der Waals surface area contributed by atoms with Crippen LogP contribution >= 0.6 is 0 Å². The van der Waals surface area contributed by atoms with Crippen LogP contribution < -0.4 is 10.6 Å². The van der Waals surface area contributed by atoms with Crippen molar-refractivity contribution in [1.29, 1.82) is 0 Å². The minimum absolute atomic E-state index is 0.0130. The summed E-state index contributed by atoms with van der Waals surface area (Å²) in [7, 11) is 1.98. The predicted octanol–water partition coefficient (Wildman–Crippen LogP) is 2.28. The molecule has 7 heteroatoms. The van der Waals surface area contributed by atoms with Crippen molar-refractivity contribution in [3.8, 4) is 0 Å². The minimum atomic E-state index is -0.657. The molecule has 29 heavy (non-hydrogen) atoms. The SMILES string of the molecule is CC(C)c1ccc(NC(=O)C(=O)NCC(c2cccn2C)N2CCOCC2)cc1. The molecule has 1 aromatic heterocycles. The molecule has 2 N–H and O–H groups in total. The lowest BCUT2D eigenvalue weighted by Gasteiger charge is -2.34. The third-order valence-electron chi connectivity index (χ3n) is 5.31. The Bertz CT molecular complexity index is 823. The zero-order chi connectivity index (χ0) is 20.8. The molecule has 3 rings (SSSR count). The molecule has 2 heterocycles. The Kier molecular flexibility index (Phi) is 7.06. The first-order valence-corrected chi connectivity index (χ1v) is 10.1. The molecular weight excluding hydrogens is 368 g/mol. The van der Waals surface area contributed by atoms with Gasteiger partial charge in [0.25, 0.3) is 0 Å². The third-order valence-corrected chi connectivity index (χ3v) is 5.31. The van der Waals surface area contributed by atoms with Gasteiger partial charge in [0.2, 0.25) is 0 Å². The topological polar surface area (TPSA) is 75.6 Å². The van der Waals surface area contributed by atoms with Gasteiger partial charge in [-0.1, -0.05) is 26.0 Å². The fourth-order valence-corrected chi connectivity index (χ4v) is 3.54. The van der Waals surface area contributed by atoms with Crippen LogP contribution in [0.3, 0.4) is 0 Å². The smallest absolute Gasteiger partial charge is 0.313 e. The number of nitrogens with zero attached hydrogens (tertiary/aromatic N) is 2. The number of nitrogens with one attached hydrogen (secondary N) is 2. The van der Waals surface area contributed by atoms with Gasteiger partial charge < -0.3 is 19.9 Å². The second kappa shape index (κ2) is 9.71. The van der Waals surface area contributed by atoms with E-state index in [1.165, 1.54) is 5.56 Å². The van der Waals surface area contributed by atoms with Crippen molar-refractivity contribution in [2.45, 2.75) is 25.8 Å². The molecule has 0 bridgehead atoms. The highest BCUT2D eigenvalue weighted by atomic mass is 16.5. The zero-order valence-corrected chi connectivity index (χ0v) is 17.4. The summed E-state index contributed by atoms with van der Waals surface area (Å²) in [5.74, 6) is -0.877. The lowest BCUT2D eigenvalue weighted by Crippen LogP contribution is -2.46. The molecule has 2 aromatic rings. The van der Waals surface area contributed by atoms with Gasteiger partial charge in [-0.2, -0.15) is 0 Å². The van der Waals surface area contributed by atoms with Gasteiger partial charge in [0.15, 0.2) is 0 Å². The first-order valence-electron chi connectivity index (χ1n) is 10.1. The van der Waals surface area contributed by atoms with E-state index in [4.69, 9.17) is 4.74 Å². The minimum Gasteiger partial charge on any atom is -0.379 e. The van der Waals surface area contributed by atoms with Gasteiger partial charge in [-0.25, -0.2) is 0 Å². The molecule has 1 saturated heterocycles. The van der Waals surface area contributed by atoms with E-state index >= 15 is 0 Å². The van der Waals surface area contributed by atoms with E-state index in [1.807, 2.05) is 54.2 Å². The van der Waals surface area contributed by atoms with Crippen LogP contribution in [0.25, 0.3) is 0 Å². The molecular formula is C22H30N4O3. The standard InChI is InChI=1S/C22H30N4O3/c1-16(2)17-6-8-18(9-7-17)24-22(28)21(27)23-15-20(19-5-4-10-25(19)3)26-11-13-29-14-12-26/h4-10,16,20H,11-15H2,1-3H3,(H,23,27)(H,24,28). The molecule has 1 aliphatic rings. The normalized spacial score (nSPS) is 15.9. The molecule has 2 amide bonds. The number of anilines is 1. The summed E-state index contributed by atoms with van der Waals surface area (Å²) >= 11 is 0. The van der Waals surface area contributed by atoms with Gasteiger partial charge in [-0.15, -0.1) is 0 Å². The molecule has 1 aliphatic heterocycles. The molecule has 0 saturated carbocycles. The average Bonchev–Trinajstić information content (AvgIpc) is 3.15. The largest absolute Gasteiger partial charge is 0.379 e. The first-order chi connectivity index (χ1) is 14.0. The molecule has 7 nitrogen and oxygen atoms in total. The molecule has 156 valence electrons. The van der Waals surface area contributed by atoms with Crippen LogP contribution in [-0.2, 0) is 21.4 Å². The van der Waals surface area contributed by atoms with E-state index < -0.39 is 11.8 Å². The fourth-order valence-electron chi connectivity index (χ4n) is 3.54. The number of carbonyl (C=O) groups excluding carboxylic acids is 2. The van der Waals surface area contributed by atoms with Crippen molar-refractivity contribution in [2.75, 3.05) is 38.2 Å². The number of carbonyl (C=O) groups is 2. The number of hydrogen-bond donors (Lipinski definition) is 2. The average molecular weight is 399 g/mol. The summed E-state index contributed by atoms with van der Waals surface area (Å²) in [5.41, 5.74) is 2.89. The zero-order valence-electron chi connectivity index (χ0n) is 17.4. The Morgan fingerprint density at radius 2 is 1.76 bits per heavy atom. The number of ether oxygens (including phenoxy) is 1. The highest BCUT2D eigenvalue weighted by molar-refractivity contribution is 6.39. The predicted molar refractivity (Wildman–Crippen MR) is 113 cm³/mol. The number of hydrogen-bond acceptors (Lipinski definition) is 4. The van der Waals surface area contributed by atoms with Crippen LogP contribution in [0.5, 0.6) is 0 Å². The van der Waals surface area contributed by atoms with E-state index in [0.717, 1.165) is 18.8 Å². The van der Waals surface area contributed by atoms with Gasteiger partial charge in [-0.05, 0) is 35.7 Å². The number of amides is 2. The van der Waals surface area contributed by atoms with Crippen LogP contribution in [0.15, 0.2) is 42.6 Å². The van der Waals surface area contributed by atoms with Gasteiger partial charge in [0.1, 0.15) is 0 Å². The van der Waals surface area contributed by atoms with Crippen molar-refractivity contribution in [1.82, 2.24) is 14.8 Å². The number of morpholine rings is 1. The summed E-state index contributed by atoms with van der Waals surface area (Å²) < 4.78 is 7.50. The lowest BCUT2D eigenvalue weighted by molar-refractivity contribution is -0.136. The van der Waals surface area contributed by atoms with Crippen LogP contribution in [0, 0.1) is 0 Å². The quantitative estimate of drug-likeness (QED) is 0.732. The van der Waals surface area contributed by atoms with Crippen molar-refractivity contribution in [3.05, 3.63) is 53.9 Å². The number of aromatic nitrogens is 1. The van der Waals surface area contributed by atoms with E-state index in [0.29, 0.717) is 31.4 Å². The molecule has 0 aliphatic carbocycles. The maximum absolute atomic E-state index is 12.4. The van der Waals surface area contributed by atoms with Crippen molar-refractivity contribution in [3.63, 3.8) is 0 Å². The first kappa shape index (κ1) is 21.1. The summed E-state index contributed by atoms with van der Waals surface area (Å²) in [5, 5.41) is 5.47. The van der Waals surface area contributed by atoms with Crippen LogP contribution in [0.2, 0.25) is 0 Å². The van der Waals surface area contributed by atoms with Crippen molar-refractivity contribution >= 4 is 17.5 Å². The Balaban J connectivity index is 1.60. The highest BCUT2D eigenvalue weighted by Gasteiger charge is 2.26. The molecule has 0 radical (unpaired) electrons. The van der Waals surface area contributed by atoms with Crippen molar-refractivity contribution < 1.29 is 14.3 Å². The Hall–Kier alpha value is -2.64. The number of aryl methyl sites for hydroxylation is 1. The molecule has 1 unspecified atom stereocenters. The summed E-state index contributed by atoms with van der Waals surface area (Å²) in [6.45, 7) is 7.50. The second-order valence-corrected chi connectivity index (χ2v) is 7.65. The fraction of sp³-hybridized carbons (Fsp3) is 0.455. The van der Waals surface area contributed by atoms with Gasteiger partial charge in [0.05, 0.1) is 19.3 Å². The maximum atomic E-state index is 12.4. The Morgan fingerprint density at radius 1 is 1.07 bits per heavy atom.